The molecule has 2 heteroatoms. The molecule has 0 N–H and O–H groups in total. The third-order valence-electron chi connectivity index (χ3n) is 7.14. The number of pyridine rings is 2. The fourth-order valence-electron chi connectivity index (χ4n) is 5.02. The van der Waals surface area contributed by atoms with Gasteiger partial charge in [-0.2, -0.15) is 0 Å². The monoisotopic (exact) mass is 532 g/mol. The van der Waals surface area contributed by atoms with E-state index in [1.54, 1.807) is 0 Å². The van der Waals surface area contributed by atoms with Gasteiger partial charge in [0.2, 0.25) is 0 Å². The number of benzene rings is 5. The van der Waals surface area contributed by atoms with E-state index >= 15 is 0 Å². The lowest BCUT2D eigenvalue weighted by atomic mass is 10.00. The molecule has 0 bridgehead atoms. The first kappa shape index (κ1) is 25.0. The van der Waals surface area contributed by atoms with Crippen molar-refractivity contribution in [1.29, 1.82) is 0 Å². The zero-order chi connectivity index (χ0) is 28.1. The average molecular weight is 533 g/mol. The van der Waals surface area contributed by atoms with E-state index in [0.29, 0.717) is 0 Å². The third kappa shape index (κ3) is 5.52. The number of fused-ring (bicyclic) bond motifs is 2. The van der Waals surface area contributed by atoms with Crippen molar-refractivity contribution in [2.75, 3.05) is 0 Å². The molecule has 0 spiro atoms. The van der Waals surface area contributed by atoms with Crippen LogP contribution in [0, 0.1) is 23.7 Å². The van der Waals surface area contributed by atoms with Gasteiger partial charge in [0.05, 0.1) is 11.4 Å². The van der Waals surface area contributed by atoms with E-state index in [4.69, 9.17) is 0 Å². The zero-order valence-electron chi connectivity index (χ0n) is 22.8. The van der Waals surface area contributed by atoms with Gasteiger partial charge in [-0.15, -0.1) is 0 Å². The van der Waals surface area contributed by atoms with Crippen LogP contribution in [-0.2, 0) is 0 Å². The molecular weight excluding hydrogens is 508 g/mol. The van der Waals surface area contributed by atoms with Gasteiger partial charge >= 0.3 is 0 Å². The number of hydrogen-bond donors (Lipinski definition) is 0. The van der Waals surface area contributed by atoms with Crippen molar-refractivity contribution in [2.24, 2.45) is 0 Å². The molecule has 2 heterocycles. The van der Waals surface area contributed by atoms with Crippen molar-refractivity contribution in [1.82, 2.24) is 9.97 Å². The molecule has 0 unspecified atom stereocenters. The third-order valence-corrected chi connectivity index (χ3v) is 7.14. The second-order valence-corrected chi connectivity index (χ2v) is 10.1. The second-order valence-electron chi connectivity index (χ2n) is 10.1. The Hall–Kier alpha value is -5.96. The zero-order valence-corrected chi connectivity index (χ0v) is 22.8. The molecule has 7 rings (SSSR count). The van der Waals surface area contributed by atoms with Crippen molar-refractivity contribution in [3.05, 3.63) is 168 Å². The van der Waals surface area contributed by atoms with Gasteiger partial charge in [0, 0.05) is 45.8 Å². The lowest BCUT2D eigenvalue weighted by molar-refractivity contribution is 1.32. The van der Waals surface area contributed by atoms with Crippen LogP contribution < -0.4 is 0 Å². The van der Waals surface area contributed by atoms with Crippen molar-refractivity contribution >= 4 is 21.5 Å². The topological polar surface area (TPSA) is 25.8 Å². The van der Waals surface area contributed by atoms with Crippen LogP contribution in [-0.4, -0.2) is 9.97 Å². The van der Waals surface area contributed by atoms with Gasteiger partial charge in [0.1, 0.15) is 0 Å². The Morgan fingerprint density at radius 3 is 1.24 bits per heavy atom. The fraction of sp³-hybridized carbons (Fsp3) is 0. The van der Waals surface area contributed by atoms with E-state index in [0.717, 1.165) is 55.5 Å². The lowest BCUT2D eigenvalue weighted by Gasteiger charge is -2.04. The first-order valence-corrected chi connectivity index (χ1v) is 13.8. The van der Waals surface area contributed by atoms with Gasteiger partial charge in [-0.1, -0.05) is 72.2 Å². The molecule has 0 aliphatic heterocycles. The van der Waals surface area contributed by atoms with Crippen LogP contribution in [0.3, 0.4) is 0 Å². The van der Waals surface area contributed by atoms with Gasteiger partial charge in [-0.05, 0) is 106 Å². The Labute approximate surface area is 245 Å². The Morgan fingerprint density at radius 1 is 0.333 bits per heavy atom. The Morgan fingerprint density at radius 2 is 0.786 bits per heavy atom. The van der Waals surface area contributed by atoms with Crippen LogP contribution in [0.5, 0.6) is 0 Å². The Balaban J connectivity index is 1.16. The molecule has 2 nitrogen and oxygen atoms in total. The minimum Gasteiger partial charge on any atom is -0.256 e. The summed E-state index contributed by atoms with van der Waals surface area (Å²) in [5, 5.41) is 4.69. The van der Waals surface area contributed by atoms with Crippen molar-refractivity contribution in [2.45, 2.75) is 0 Å². The second kappa shape index (κ2) is 11.3. The molecule has 7 aromatic rings. The predicted octanol–water partition coefficient (Wildman–Crippen LogP) is 8.92. The Kier molecular flexibility index (Phi) is 6.71. The fourth-order valence-corrected chi connectivity index (χ4v) is 5.02. The molecule has 0 aliphatic rings. The molecule has 0 radical (unpaired) electrons. The first-order chi connectivity index (χ1) is 20.8. The molecule has 2 aromatic heterocycles. The molecule has 0 fully saturated rings. The van der Waals surface area contributed by atoms with E-state index in [1.807, 2.05) is 73.1 Å². The number of rotatable bonds is 2. The SMILES string of the molecule is C(#Cc1ccc2cc3ccc(C#Cc4cccc(-c5ccccn5)c4)cc3cc2c1)c1cccc(-c2ccccn2)c1. The van der Waals surface area contributed by atoms with Gasteiger partial charge < -0.3 is 0 Å². The smallest absolute Gasteiger partial charge is 0.0702 e. The highest BCUT2D eigenvalue weighted by Gasteiger charge is 2.02. The van der Waals surface area contributed by atoms with Crippen LogP contribution in [0.25, 0.3) is 44.1 Å². The highest BCUT2D eigenvalue weighted by molar-refractivity contribution is 5.99. The van der Waals surface area contributed by atoms with Crippen LogP contribution in [0.1, 0.15) is 22.3 Å². The highest BCUT2D eigenvalue weighted by atomic mass is 14.7. The van der Waals surface area contributed by atoms with Gasteiger partial charge in [0.15, 0.2) is 0 Å². The van der Waals surface area contributed by atoms with Crippen LogP contribution in [0.2, 0.25) is 0 Å². The quantitative estimate of drug-likeness (QED) is 0.164. The molecule has 0 aliphatic carbocycles. The van der Waals surface area contributed by atoms with E-state index in [2.05, 4.69) is 106 Å². The summed E-state index contributed by atoms with van der Waals surface area (Å²) in [6.07, 6.45) is 3.62. The van der Waals surface area contributed by atoms with Crippen molar-refractivity contribution < 1.29 is 0 Å². The van der Waals surface area contributed by atoms with Crippen molar-refractivity contribution in [3.63, 3.8) is 0 Å². The summed E-state index contributed by atoms with van der Waals surface area (Å²) < 4.78 is 0. The molecule has 0 amide bonds. The summed E-state index contributed by atoms with van der Waals surface area (Å²) in [6.45, 7) is 0. The summed E-state index contributed by atoms with van der Waals surface area (Å²) in [6, 6.07) is 45.5. The van der Waals surface area contributed by atoms with Crippen molar-refractivity contribution in [3.8, 4) is 46.2 Å². The molecule has 0 saturated carbocycles. The molecule has 194 valence electrons. The van der Waals surface area contributed by atoms with E-state index in [1.165, 1.54) is 10.8 Å². The highest BCUT2D eigenvalue weighted by Crippen LogP contribution is 2.25. The molecular formula is C40H24N2. The normalized spacial score (nSPS) is 10.5. The number of hydrogen-bond acceptors (Lipinski definition) is 2. The summed E-state index contributed by atoms with van der Waals surface area (Å²) in [4.78, 5) is 8.91. The number of nitrogens with zero attached hydrogens (tertiary/aromatic N) is 2. The molecule has 0 saturated heterocycles. The van der Waals surface area contributed by atoms with E-state index < -0.39 is 0 Å². The summed E-state index contributed by atoms with van der Waals surface area (Å²) in [5.74, 6) is 13.4. The number of aromatic nitrogens is 2. The maximum atomic E-state index is 4.46. The predicted molar refractivity (Wildman–Crippen MR) is 173 cm³/mol. The lowest BCUT2D eigenvalue weighted by Crippen LogP contribution is -1.84. The van der Waals surface area contributed by atoms with E-state index in [9.17, 15) is 0 Å². The van der Waals surface area contributed by atoms with Crippen LogP contribution >= 0.6 is 0 Å². The standard InChI is InChI=1S/C40H24N2/c1-3-21-41-39(11-1)35-9-5-7-29(23-35)13-15-31-17-19-33-27-34-20-18-32(26-38(34)28-37(33)25-31)16-14-30-8-6-10-36(24-30)40-12-2-4-22-42-40/h1-12,17-28H. The minimum absolute atomic E-state index is 0.945. The maximum absolute atomic E-state index is 4.46. The van der Waals surface area contributed by atoms with E-state index in [-0.39, 0.29) is 0 Å². The van der Waals surface area contributed by atoms with Gasteiger partial charge in [0.25, 0.3) is 0 Å². The average Bonchev–Trinajstić information content (AvgIpc) is 3.06. The minimum atomic E-state index is 0.945. The van der Waals surface area contributed by atoms with Gasteiger partial charge in [-0.3, -0.25) is 9.97 Å². The van der Waals surface area contributed by atoms with Crippen LogP contribution in [0.15, 0.2) is 146 Å². The Bertz CT molecular complexity index is 2040. The molecule has 42 heavy (non-hydrogen) atoms. The molecule has 5 aromatic carbocycles. The van der Waals surface area contributed by atoms with Gasteiger partial charge in [-0.25, -0.2) is 0 Å². The summed E-state index contributed by atoms with van der Waals surface area (Å²) >= 11 is 0. The largest absolute Gasteiger partial charge is 0.256 e. The maximum Gasteiger partial charge on any atom is 0.0702 e. The molecule has 0 atom stereocenters. The summed E-state index contributed by atoms with van der Waals surface area (Å²) in [7, 11) is 0. The van der Waals surface area contributed by atoms with Crippen LogP contribution in [0.4, 0.5) is 0 Å². The summed E-state index contributed by atoms with van der Waals surface area (Å²) in [5.41, 5.74) is 7.90. The first-order valence-electron chi connectivity index (χ1n) is 13.8.